The highest BCUT2D eigenvalue weighted by Crippen LogP contribution is 2.58. The van der Waals surface area contributed by atoms with Crippen LogP contribution in [0.25, 0.3) is 55.6 Å². The molecule has 0 bridgehead atoms. The second-order valence-corrected chi connectivity index (χ2v) is 16.8. The molecular formula is C55H58. The van der Waals surface area contributed by atoms with Crippen LogP contribution in [0.1, 0.15) is 138 Å². The number of benzene rings is 6. The van der Waals surface area contributed by atoms with E-state index >= 15 is 0 Å². The zero-order chi connectivity index (χ0) is 38.3. The molecule has 3 aliphatic rings. The predicted octanol–water partition coefficient (Wildman–Crippen LogP) is 15.4. The summed E-state index contributed by atoms with van der Waals surface area (Å²) in [7, 11) is 0. The molecule has 278 valence electrons. The van der Waals surface area contributed by atoms with Crippen molar-refractivity contribution >= 4 is 0 Å². The van der Waals surface area contributed by atoms with Crippen molar-refractivity contribution in [3.8, 4) is 55.6 Å². The maximum atomic E-state index is 2.60. The van der Waals surface area contributed by atoms with Gasteiger partial charge in [0, 0.05) is 16.2 Å². The summed E-state index contributed by atoms with van der Waals surface area (Å²) in [5.74, 6) is 0. The maximum Gasteiger partial charge on any atom is 0.0210 e. The Morgan fingerprint density at radius 3 is 0.982 bits per heavy atom. The first-order valence-corrected chi connectivity index (χ1v) is 21.7. The Hall–Kier alpha value is -4.68. The number of hydrogen-bond acceptors (Lipinski definition) is 0. The number of hydrogen-bond donors (Lipinski definition) is 0. The van der Waals surface area contributed by atoms with Gasteiger partial charge in [0.2, 0.25) is 0 Å². The summed E-state index contributed by atoms with van der Waals surface area (Å²) >= 11 is 0. The van der Waals surface area contributed by atoms with Crippen LogP contribution in [0.15, 0.2) is 109 Å². The molecule has 0 fully saturated rings. The minimum absolute atomic E-state index is 0.0252. The molecule has 0 aliphatic heterocycles. The lowest BCUT2D eigenvalue weighted by Crippen LogP contribution is -2.23. The van der Waals surface area contributed by atoms with Gasteiger partial charge in [-0.1, -0.05) is 140 Å². The molecule has 0 amide bonds. The van der Waals surface area contributed by atoms with Crippen molar-refractivity contribution < 1.29 is 0 Å². The Bertz CT molecular complexity index is 2300. The van der Waals surface area contributed by atoms with E-state index in [9.17, 15) is 0 Å². The van der Waals surface area contributed by atoms with Crippen LogP contribution in [0, 0.1) is 0 Å². The third-order valence-electron chi connectivity index (χ3n) is 15.3. The topological polar surface area (TPSA) is 0 Å². The highest BCUT2D eigenvalue weighted by Gasteiger charge is 2.44. The van der Waals surface area contributed by atoms with E-state index in [2.05, 4.69) is 165 Å². The first-order valence-electron chi connectivity index (χ1n) is 21.7. The van der Waals surface area contributed by atoms with Crippen molar-refractivity contribution in [2.24, 2.45) is 0 Å². The summed E-state index contributed by atoms with van der Waals surface area (Å²) in [6, 6.07) is 43.7. The molecule has 0 nitrogen and oxygen atoms in total. The maximum absolute atomic E-state index is 2.60. The zero-order valence-electron chi connectivity index (χ0n) is 34.5. The fraction of sp³-hybridized carbons (Fsp3) is 0.345. The second kappa shape index (κ2) is 13.2. The van der Waals surface area contributed by atoms with Crippen molar-refractivity contribution in [2.45, 2.75) is 123 Å². The Balaban J connectivity index is 1.18. The lowest BCUT2D eigenvalue weighted by Gasteiger charge is -2.31. The molecule has 0 unspecified atom stereocenters. The van der Waals surface area contributed by atoms with E-state index in [4.69, 9.17) is 0 Å². The second-order valence-electron chi connectivity index (χ2n) is 16.8. The van der Waals surface area contributed by atoms with Crippen LogP contribution >= 0.6 is 0 Å². The molecule has 0 N–H and O–H groups in total. The molecule has 3 aliphatic carbocycles. The molecular weight excluding hydrogens is 661 g/mol. The highest BCUT2D eigenvalue weighted by atomic mass is 14.5. The van der Waals surface area contributed by atoms with Crippen LogP contribution in [0.4, 0.5) is 0 Å². The molecule has 0 atom stereocenters. The molecule has 0 saturated heterocycles. The summed E-state index contributed by atoms with van der Waals surface area (Å²) in [6.45, 7) is 19.0. The Labute approximate surface area is 331 Å². The third kappa shape index (κ3) is 4.70. The largest absolute Gasteiger partial charge is 0.0642 e. The van der Waals surface area contributed by atoms with Crippen molar-refractivity contribution in [2.75, 3.05) is 0 Å². The van der Waals surface area contributed by atoms with Crippen LogP contribution in [0.2, 0.25) is 0 Å². The number of fused-ring (bicyclic) bond motifs is 9. The molecule has 0 spiro atoms. The fourth-order valence-corrected chi connectivity index (χ4v) is 12.1. The first-order chi connectivity index (χ1) is 26.8. The number of rotatable bonds is 10. The molecule has 0 radical (unpaired) electrons. The van der Waals surface area contributed by atoms with Gasteiger partial charge in [-0.2, -0.15) is 0 Å². The minimum atomic E-state index is -0.0252. The van der Waals surface area contributed by atoms with Crippen molar-refractivity contribution in [1.29, 1.82) is 0 Å². The summed E-state index contributed by atoms with van der Waals surface area (Å²) in [6.07, 6.45) is 8.67. The number of aryl methyl sites for hydroxylation is 2. The van der Waals surface area contributed by atoms with E-state index < -0.39 is 0 Å². The SMILES string of the molecule is CCc1cc2c(cc1-c1ccc3c(c1)C(CC)(CC)c1cc(-c4cc5c(cc4CC)-c4ccccc4C5(CC)CC)ccc1-3)C(CC)(CC)c1ccccc1-2. The van der Waals surface area contributed by atoms with E-state index in [1.807, 2.05) is 0 Å². The molecule has 9 rings (SSSR count). The van der Waals surface area contributed by atoms with Crippen LogP contribution in [0.5, 0.6) is 0 Å². The van der Waals surface area contributed by atoms with Crippen LogP contribution in [-0.2, 0) is 29.1 Å². The molecule has 0 heteroatoms. The standard InChI is InChI=1S/C55H58/c1-9-35-29-45-39-21-17-19-23-47(39)53(11-3,12-4)51(45)33-43(35)37-25-27-41-42-28-26-38(32-50(42)55(15-7,16-8)49(41)31-37)44-34-52-46(30-36(44)10-2)40-22-18-20-24-48(40)54(52,13-5)14-6/h17-34H,9-16H2,1-8H3. The van der Waals surface area contributed by atoms with Crippen LogP contribution < -0.4 is 0 Å². The van der Waals surface area contributed by atoms with Crippen LogP contribution in [0.3, 0.4) is 0 Å². The smallest absolute Gasteiger partial charge is 0.0210 e. The van der Waals surface area contributed by atoms with Crippen LogP contribution in [-0.4, -0.2) is 0 Å². The van der Waals surface area contributed by atoms with Gasteiger partial charge in [0.15, 0.2) is 0 Å². The minimum Gasteiger partial charge on any atom is -0.0642 e. The fourth-order valence-electron chi connectivity index (χ4n) is 12.1. The first kappa shape index (κ1) is 36.0. The zero-order valence-corrected chi connectivity index (χ0v) is 34.5. The lowest BCUT2D eigenvalue weighted by atomic mass is 9.71. The van der Waals surface area contributed by atoms with Gasteiger partial charge in [-0.15, -0.1) is 0 Å². The predicted molar refractivity (Wildman–Crippen MR) is 236 cm³/mol. The van der Waals surface area contributed by atoms with Gasteiger partial charge in [-0.3, -0.25) is 0 Å². The summed E-state index contributed by atoms with van der Waals surface area (Å²) < 4.78 is 0. The molecule has 0 aromatic heterocycles. The van der Waals surface area contributed by atoms with E-state index in [0.29, 0.717) is 0 Å². The summed E-state index contributed by atoms with van der Waals surface area (Å²) in [4.78, 5) is 0. The molecule has 6 aromatic carbocycles. The van der Waals surface area contributed by atoms with Gasteiger partial charge in [-0.05, 0) is 176 Å². The highest BCUT2D eigenvalue weighted by molar-refractivity contribution is 5.91. The van der Waals surface area contributed by atoms with Crippen molar-refractivity contribution in [3.63, 3.8) is 0 Å². The monoisotopic (exact) mass is 718 g/mol. The quantitative estimate of drug-likeness (QED) is 0.132. The van der Waals surface area contributed by atoms with Crippen molar-refractivity contribution in [1.82, 2.24) is 0 Å². The van der Waals surface area contributed by atoms with Gasteiger partial charge in [0.1, 0.15) is 0 Å². The van der Waals surface area contributed by atoms with E-state index in [1.165, 1.54) is 100 Å². The molecule has 0 heterocycles. The van der Waals surface area contributed by atoms with Gasteiger partial charge in [-0.25, -0.2) is 0 Å². The summed E-state index contributed by atoms with van der Waals surface area (Å²) in [5.41, 5.74) is 26.3. The van der Waals surface area contributed by atoms with Gasteiger partial charge in [0.25, 0.3) is 0 Å². The van der Waals surface area contributed by atoms with E-state index in [-0.39, 0.29) is 16.2 Å². The lowest BCUT2D eigenvalue weighted by molar-refractivity contribution is 0.490. The summed E-state index contributed by atoms with van der Waals surface area (Å²) in [5, 5.41) is 0. The van der Waals surface area contributed by atoms with E-state index in [0.717, 1.165) is 51.4 Å². The van der Waals surface area contributed by atoms with Gasteiger partial charge >= 0.3 is 0 Å². The molecule has 55 heavy (non-hydrogen) atoms. The Morgan fingerprint density at radius 1 is 0.291 bits per heavy atom. The average molecular weight is 719 g/mol. The Kier molecular flexibility index (Phi) is 8.65. The van der Waals surface area contributed by atoms with Crippen molar-refractivity contribution in [3.05, 3.63) is 154 Å². The normalized spacial score (nSPS) is 15.9. The molecule has 6 aromatic rings. The van der Waals surface area contributed by atoms with Gasteiger partial charge < -0.3 is 0 Å². The molecule has 0 saturated carbocycles. The van der Waals surface area contributed by atoms with E-state index in [1.54, 1.807) is 0 Å². The average Bonchev–Trinajstić information content (AvgIpc) is 3.80. The third-order valence-corrected chi connectivity index (χ3v) is 15.3. The Morgan fingerprint density at radius 2 is 0.618 bits per heavy atom. The van der Waals surface area contributed by atoms with Gasteiger partial charge in [0.05, 0.1) is 0 Å².